The molecule has 72 valence electrons. The van der Waals surface area contributed by atoms with Gasteiger partial charge in [-0.25, -0.2) is 0 Å². The van der Waals surface area contributed by atoms with E-state index in [1.807, 2.05) is 0 Å². The Hall–Kier alpha value is -0.770. The molecule has 0 aliphatic rings. The number of aliphatic hydroxyl groups is 2. The fraction of sp³-hybridized carbons (Fsp3) is 0.333. The van der Waals surface area contributed by atoms with Crippen LogP contribution < -0.4 is 5.73 Å². The van der Waals surface area contributed by atoms with Crippen LogP contribution in [-0.4, -0.2) is 23.4 Å². The van der Waals surface area contributed by atoms with Crippen molar-refractivity contribution in [1.82, 2.24) is 0 Å². The number of hydrogen-bond donors (Lipinski definition) is 3. The summed E-state index contributed by atoms with van der Waals surface area (Å²) in [6, 6.07) is 5.01. The van der Waals surface area contributed by atoms with E-state index >= 15 is 0 Å². The SMILES string of the molecule is Nc1cc(Cl)ccc1C(CO)CO. The highest BCUT2D eigenvalue weighted by atomic mass is 35.5. The number of aliphatic hydroxyl groups excluding tert-OH is 2. The first-order valence-electron chi connectivity index (χ1n) is 3.95. The van der Waals surface area contributed by atoms with Crippen LogP contribution in [-0.2, 0) is 0 Å². The molecular formula is C9H12ClNO2. The highest BCUT2D eigenvalue weighted by molar-refractivity contribution is 6.30. The monoisotopic (exact) mass is 201 g/mol. The van der Waals surface area contributed by atoms with Crippen molar-refractivity contribution >= 4 is 17.3 Å². The normalized spacial score (nSPS) is 10.8. The van der Waals surface area contributed by atoms with E-state index in [0.29, 0.717) is 10.7 Å². The van der Waals surface area contributed by atoms with Gasteiger partial charge >= 0.3 is 0 Å². The molecule has 3 nitrogen and oxygen atoms in total. The van der Waals surface area contributed by atoms with Gasteiger partial charge in [0.05, 0.1) is 13.2 Å². The molecule has 0 amide bonds. The average Bonchev–Trinajstić information content (AvgIpc) is 2.10. The highest BCUT2D eigenvalue weighted by Gasteiger charge is 2.11. The number of rotatable bonds is 3. The lowest BCUT2D eigenvalue weighted by atomic mass is 9.99. The summed E-state index contributed by atoms with van der Waals surface area (Å²) in [5.74, 6) is -0.322. The molecule has 0 bridgehead atoms. The second kappa shape index (κ2) is 4.46. The molecule has 1 aromatic rings. The van der Waals surface area contributed by atoms with Crippen molar-refractivity contribution in [2.45, 2.75) is 5.92 Å². The van der Waals surface area contributed by atoms with Gasteiger partial charge in [-0.1, -0.05) is 17.7 Å². The molecule has 0 aromatic heterocycles. The Balaban J connectivity index is 2.99. The second-order valence-corrected chi connectivity index (χ2v) is 3.27. The number of halogens is 1. The first-order valence-corrected chi connectivity index (χ1v) is 4.33. The zero-order valence-corrected chi connectivity index (χ0v) is 7.83. The van der Waals surface area contributed by atoms with Gasteiger partial charge in [-0.2, -0.15) is 0 Å². The van der Waals surface area contributed by atoms with E-state index in [1.165, 1.54) is 0 Å². The van der Waals surface area contributed by atoms with E-state index in [4.69, 9.17) is 27.5 Å². The Morgan fingerprint density at radius 3 is 2.38 bits per heavy atom. The van der Waals surface area contributed by atoms with Crippen LogP contribution >= 0.6 is 11.6 Å². The quantitative estimate of drug-likeness (QED) is 0.639. The van der Waals surface area contributed by atoms with Crippen molar-refractivity contribution in [2.24, 2.45) is 0 Å². The Bertz CT molecular complexity index is 287. The number of anilines is 1. The fourth-order valence-electron chi connectivity index (χ4n) is 1.17. The Kier molecular flexibility index (Phi) is 3.54. The second-order valence-electron chi connectivity index (χ2n) is 2.84. The van der Waals surface area contributed by atoms with Gasteiger partial charge in [-0.05, 0) is 17.7 Å². The summed E-state index contributed by atoms with van der Waals surface area (Å²) in [6.45, 7) is -0.245. The van der Waals surface area contributed by atoms with E-state index in [0.717, 1.165) is 5.56 Å². The van der Waals surface area contributed by atoms with Gasteiger partial charge in [0.1, 0.15) is 0 Å². The molecular weight excluding hydrogens is 190 g/mol. The molecule has 0 saturated heterocycles. The van der Waals surface area contributed by atoms with Crippen LogP contribution in [0, 0.1) is 0 Å². The van der Waals surface area contributed by atoms with E-state index in [9.17, 15) is 0 Å². The predicted molar refractivity (Wildman–Crippen MR) is 52.8 cm³/mol. The number of benzene rings is 1. The van der Waals surface area contributed by atoms with E-state index in [-0.39, 0.29) is 19.1 Å². The molecule has 0 atom stereocenters. The van der Waals surface area contributed by atoms with Crippen LogP contribution in [0.25, 0.3) is 0 Å². The van der Waals surface area contributed by atoms with Crippen LogP contribution in [0.5, 0.6) is 0 Å². The third-order valence-corrected chi connectivity index (χ3v) is 2.16. The molecule has 4 N–H and O–H groups in total. The molecule has 4 heteroatoms. The van der Waals surface area contributed by atoms with Crippen molar-refractivity contribution in [3.05, 3.63) is 28.8 Å². The van der Waals surface area contributed by atoms with Gasteiger partial charge in [-0.15, -0.1) is 0 Å². The van der Waals surface area contributed by atoms with Crippen LogP contribution in [0.3, 0.4) is 0 Å². The lowest BCUT2D eigenvalue weighted by Gasteiger charge is -2.13. The van der Waals surface area contributed by atoms with E-state index in [1.54, 1.807) is 18.2 Å². The third-order valence-electron chi connectivity index (χ3n) is 1.93. The first kappa shape index (κ1) is 10.3. The Labute approximate surface area is 81.8 Å². The standard InChI is InChI=1S/C9H12ClNO2/c10-7-1-2-8(9(11)3-7)6(4-12)5-13/h1-3,6,12-13H,4-5,11H2. The number of nitrogen functional groups attached to an aromatic ring is 1. The fourth-order valence-corrected chi connectivity index (χ4v) is 1.35. The van der Waals surface area contributed by atoms with Crippen molar-refractivity contribution < 1.29 is 10.2 Å². The van der Waals surface area contributed by atoms with Gasteiger partial charge in [0.25, 0.3) is 0 Å². The van der Waals surface area contributed by atoms with E-state index in [2.05, 4.69) is 0 Å². The predicted octanol–water partition coefficient (Wildman–Crippen LogP) is 0.990. The molecule has 0 unspecified atom stereocenters. The first-order chi connectivity index (χ1) is 6.19. The minimum absolute atomic E-state index is 0.123. The number of nitrogens with two attached hydrogens (primary N) is 1. The Morgan fingerprint density at radius 2 is 1.92 bits per heavy atom. The molecule has 0 heterocycles. The summed E-state index contributed by atoms with van der Waals surface area (Å²) < 4.78 is 0. The van der Waals surface area contributed by atoms with Crippen LogP contribution in [0.15, 0.2) is 18.2 Å². The molecule has 0 saturated carbocycles. The molecule has 13 heavy (non-hydrogen) atoms. The zero-order valence-electron chi connectivity index (χ0n) is 7.07. The Morgan fingerprint density at radius 1 is 1.31 bits per heavy atom. The zero-order chi connectivity index (χ0) is 9.84. The summed E-state index contributed by atoms with van der Waals surface area (Å²) in [5, 5.41) is 18.4. The number of hydrogen-bond acceptors (Lipinski definition) is 3. The van der Waals surface area contributed by atoms with Gasteiger partial charge in [0.2, 0.25) is 0 Å². The maximum Gasteiger partial charge on any atom is 0.0522 e. The lowest BCUT2D eigenvalue weighted by molar-refractivity contribution is 0.193. The summed E-state index contributed by atoms with van der Waals surface area (Å²) in [4.78, 5) is 0. The van der Waals surface area contributed by atoms with Crippen molar-refractivity contribution in [3.63, 3.8) is 0 Å². The van der Waals surface area contributed by atoms with Crippen molar-refractivity contribution in [3.8, 4) is 0 Å². The van der Waals surface area contributed by atoms with Gasteiger partial charge in [-0.3, -0.25) is 0 Å². The maximum atomic E-state index is 8.92. The maximum absolute atomic E-state index is 8.92. The van der Waals surface area contributed by atoms with E-state index < -0.39 is 0 Å². The van der Waals surface area contributed by atoms with Gasteiger partial charge < -0.3 is 15.9 Å². The largest absolute Gasteiger partial charge is 0.398 e. The smallest absolute Gasteiger partial charge is 0.0522 e. The average molecular weight is 202 g/mol. The molecule has 0 fully saturated rings. The molecule has 1 aromatic carbocycles. The summed E-state index contributed by atoms with van der Waals surface area (Å²) in [5.41, 5.74) is 6.90. The van der Waals surface area contributed by atoms with Crippen LogP contribution in [0.2, 0.25) is 5.02 Å². The lowest BCUT2D eigenvalue weighted by Crippen LogP contribution is -2.11. The topological polar surface area (TPSA) is 66.5 Å². The minimum atomic E-state index is -0.322. The van der Waals surface area contributed by atoms with Crippen LogP contribution in [0.4, 0.5) is 5.69 Å². The molecule has 0 spiro atoms. The molecule has 0 radical (unpaired) electrons. The summed E-state index contributed by atoms with van der Waals surface area (Å²) in [7, 11) is 0. The van der Waals surface area contributed by atoms with Crippen molar-refractivity contribution in [1.29, 1.82) is 0 Å². The van der Waals surface area contributed by atoms with Crippen molar-refractivity contribution in [2.75, 3.05) is 18.9 Å². The van der Waals surface area contributed by atoms with Gasteiger partial charge in [0.15, 0.2) is 0 Å². The third kappa shape index (κ3) is 2.34. The van der Waals surface area contributed by atoms with Gasteiger partial charge in [0, 0.05) is 16.6 Å². The molecule has 0 aliphatic heterocycles. The highest BCUT2D eigenvalue weighted by Crippen LogP contribution is 2.24. The molecule has 1 rings (SSSR count). The molecule has 0 aliphatic carbocycles. The van der Waals surface area contributed by atoms with Crippen LogP contribution in [0.1, 0.15) is 11.5 Å². The minimum Gasteiger partial charge on any atom is -0.398 e. The summed E-state index contributed by atoms with van der Waals surface area (Å²) >= 11 is 5.70. The summed E-state index contributed by atoms with van der Waals surface area (Å²) in [6.07, 6.45) is 0.